The number of Topliss-reactive ketones (excluding diaryl/α,β-unsaturated/α-hetero) is 1. The summed E-state index contributed by atoms with van der Waals surface area (Å²) in [5, 5.41) is 5.77. The van der Waals surface area contributed by atoms with Gasteiger partial charge in [-0.15, -0.1) is 0 Å². The van der Waals surface area contributed by atoms with Crippen LogP contribution >= 0.6 is 0 Å². The number of fused-ring (bicyclic) bond motifs is 5. The zero-order valence-electron chi connectivity index (χ0n) is 16.3. The molecule has 1 aliphatic heterocycles. The van der Waals surface area contributed by atoms with Gasteiger partial charge in [-0.1, -0.05) is 32.0 Å². The number of H-pyrrole nitrogens is 1. The maximum Gasteiger partial charge on any atom is 0.174 e. The monoisotopic (exact) mass is 398 g/mol. The molecule has 28 heavy (non-hydrogen) atoms. The summed E-state index contributed by atoms with van der Waals surface area (Å²) >= 11 is 0. The molecular weight excluding hydrogens is 372 g/mol. The second-order valence-corrected chi connectivity index (χ2v) is 11.1. The van der Waals surface area contributed by atoms with Crippen molar-refractivity contribution in [2.24, 2.45) is 16.7 Å². The van der Waals surface area contributed by atoms with Crippen LogP contribution in [0.1, 0.15) is 44.4 Å². The van der Waals surface area contributed by atoms with E-state index >= 15 is 0 Å². The molecule has 2 aliphatic carbocycles. The molecule has 5 rings (SSSR count). The van der Waals surface area contributed by atoms with Crippen molar-refractivity contribution in [1.29, 1.82) is 0 Å². The lowest BCUT2D eigenvalue weighted by Crippen LogP contribution is -2.42. The highest BCUT2D eigenvalue weighted by Crippen LogP contribution is 2.64. The molecule has 3 aliphatic rings. The van der Waals surface area contributed by atoms with E-state index in [4.69, 9.17) is 0 Å². The molecule has 2 heterocycles. The lowest BCUT2D eigenvalue weighted by atomic mass is 9.70. The number of carbonyl (C=O) groups is 1. The molecule has 0 saturated heterocycles. The first-order valence-electron chi connectivity index (χ1n) is 10.1. The number of aromatic nitrogens is 1. The highest BCUT2D eigenvalue weighted by molar-refractivity contribution is 7.94. The van der Waals surface area contributed by atoms with Crippen molar-refractivity contribution in [2.45, 2.75) is 39.5 Å². The fraction of sp³-hybridized carbons (Fsp3) is 0.500. The predicted molar refractivity (Wildman–Crippen MR) is 110 cm³/mol. The third-order valence-corrected chi connectivity index (χ3v) is 9.15. The van der Waals surface area contributed by atoms with Crippen molar-refractivity contribution in [2.75, 3.05) is 12.3 Å². The first kappa shape index (κ1) is 18.0. The molecule has 2 aromatic rings. The Morgan fingerprint density at radius 1 is 1.25 bits per heavy atom. The third-order valence-electron chi connectivity index (χ3n) is 7.66. The van der Waals surface area contributed by atoms with Crippen LogP contribution in [0.3, 0.4) is 0 Å². The van der Waals surface area contributed by atoms with E-state index in [1.807, 2.05) is 18.2 Å². The topological polar surface area (TPSA) is 79.0 Å². The minimum atomic E-state index is -3.56. The molecule has 1 aromatic carbocycles. The fourth-order valence-electron chi connectivity index (χ4n) is 5.87. The van der Waals surface area contributed by atoms with E-state index in [1.54, 1.807) is 0 Å². The van der Waals surface area contributed by atoms with Gasteiger partial charge in [0.25, 0.3) is 0 Å². The van der Waals surface area contributed by atoms with Gasteiger partial charge in [-0.05, 0) is 42.2 Å². The van der Waals surface area contributed by atoms with Crippen molar-refractivity contribution >= 4 is 32.2 Å². The Balaban J connectivity index is 1.54. The number of ketones is 1. The quantitative estimate of drug-likeness (QED) is 0.830. The number of benzene rings is 1. The Hall–Kier alpha value is -2.08. The first-order valence-corrected chi connectivity index (χ1v) is 11.8. The number of rotatable bonds is 3. The minimum absolute atomic E-state index is 0.0803. The van der Waals surface area contributed by atoms with Crippen LogP contribution in [0.25, 0.3) is 16.6 Å². The largest absolute Gasteiger partial charge is 0.382 e. The van der Waals surface area contributed by atoms with Gasteiger partial charge in [0.2, 0.25) is 0 Å². The second-order valence-electron chi connectivity index (χ2n) is 9.21. The average Bonchev–Trinajstić information content (AvgIpc) is 3.18. The molecule has 0 radical (unpaired) electrons. The van der Waals surface area contributed by atoms with Crippen LogP contribution in [0.4, 0.5) is 0 Å². The maximum atomic E-state index is 13.2. The molecule has 148 valence electrons. The van der Waals surface area contributed by atoms with E-state index in [9.17, 15) is 13.2 Å². The van der Waals surface area contributed by atoms with Crippen molar-refractivity contribution < 1.29 is 13.2 Å². The van der Waals surface area contributed by atoms with Gasteiger partial charge in [0.1, 0.15) is 5.78 Å². The van der Waals surface area contributed by atoms with Crippen LogP contribution in [0, 0.1) is 16.7 Å². The predicted octanol–water partition coefficient (Wildman–Crippen LogP) is 3.42. The summed E-state index contributed by atoms with van der Waals surface area (Å²) in [6.45, 7) is 4.85. The number of para-hydroxylation sites is 1. The summed E-state index contributed by atoms with van der Waals surface area (Å²) in [5.41, 5.74) is 2.67. The molecule has 0 unspecified atom stereocenters. The highest BCUT2D eigenvalue weighted by atomic mass is 32.2. The average molecular weight is 399 g/mol. The van der Waals surface area contributed by atoms with Gasteiger partial charge >= 0.3 is 0 Å². The van der Waals surface area contributed by atoms with Crippen LogP contribution in [0.5, 0.6) is 0 Å². The number of carbonyl (C=O) groups excluding carboxylic acids is 1. The summed E-state index contributed by atoms with van der Waals surface area (Å²) in [5.74, 6) is 0.373. The van der Waals surface area contributed by atoms with Crippen LogP contribution in [-0.4, -0.2) is 31.5 Å². The Morgan fingerprint density at radius 3 is 2.75 bits per heavy atom. The number of hydrogen-bond donors (Lipinski definition) is 2. The fourth-order valence-corrected chi connectivity index (χ4v) is 7.88. The van der Waals surface area contributed by atoms with Crippen LogP contribution < -0.4 is 5.32 Å². The normalized spacial score (nSPS) is 30.0. The molecule has 2 saturated carbocycles. The van der Waals surface area contributed by atoms with Gasteiger partial charge in [0.15, 0.2) is 9.84 Å². The number of hydrogen-bond acceptors (Lipinski definition) is 4. The van der Waals surface area contributed by atoms with E-state index in [0.717, 1.165) is 35.0 Å². The van der Waals surface area contributed by atoms with Crippen molar-refractivity contribution in [3.8, 4) is 0 Å². The SMILES string of the molecule is CC1(C)[C@@H]2CC[C@@]1(CS(=O)(=O)/C=C1\NCCc3c1[nH]c1ccccc31)C(=O)C2. The number of nitrogens with one attached hydrogen (secondary N) is 2. The summed E-state index contributed by atoms with van der Waals surface area (Å²) < 4.78 is 26.4. The van der Waals surface area contributed by atoms with Crippen molar-refractivity contribution in [1.82, 2.24) is 10.3 Å². The second kappa shape index (κ2) is 5.72. The molecule has 0 amide bonds. The smallest absolute Gasteiger partial charge is 0.174 e. The lowest BCUT2D eigenvalue weighted by molar-refractivity contribution is -0.128. The molecule has 6 heteroatoms. The van der Waals surface area contributed by atoms with Crippen molar-refractivity contribution in [3.05, 3.63) is 40.9 Å². The lowest BCUT2D eigenvalue weighted by Gasteiger charge is -2.35. The van der Waals surface area contributed by atoms with Crippen LogP contribution in [-0.2, 0) is 21.1 Å². The third kappa shape index (κ3) is 2.36. The van der Waals surface area contributed by atoms with E-state index in [-0.39, 0.29) is 17.0 Å². The summed E-state index contributed by atoms with van der Waals surface area (Å²) in [6, 6.07) is 8.06. The highest BCUT2D eigenvalue weighted by Gasteiger charge is 2.65. The van der Waals surface area contributed by atoms with E-state index in [1.165, 1.54) is 5.41 Å². The van der Waals surface area contributed by atoms with Gasteiger partial charge < -0.3 is 10.3 Å². The first-order chi connectivity index (χ1) is 13.2. The molecule has 5 nitrogen and oxygen atoms in total. The molecule has 2 fully saturated rings. The van der Waals surface area contributed by atoms with Crippen LogP contribution in [0.15, 0.2) is 29.7 Å². The molecule has 2 N–H and O–H groups in total. The molecule has 2 atom stereocenters. The Kier molecular flexibility index (Phi) is 3.67. The van der Waals surface area contributed by atoms with Crippen LogP contribution in [0.2, 0.25) is 0 Å². The Morgan fingerprint density at radius 2 is 2.04 bits per heavy atom. The molecule has 2 bridgehead atoms. The molecular formula is C22H26N2O3S. The van der Waals surface area contributed by atoms with E-state index < -0.39 is 15.3 Å². The van der Waals surface area contributed by atoms with E-state index in [2.05, 4.69) is 30.2 Å². The maximum absolute atomic E-state index is 13.2. The van der Waals surface area contributed by atoms with Crippen molar-refractivity contribution in [3.63, 3.8) is 0 Å². The van der Waals surface area contributed by atoms with Gasteiger partial charge in [-0.3, -0.25) is 4.79 Å². The summed E-state index contributed by atoms with van der Waals surface area (Å²) in [4.78, 5) is 16.1. The van der Waals surface area contributed by atoms with Gasteiger partial charge in [-0.25, -0.2) is 8.42 Å². The minimum Gasteiger partial charge on any atom is -0.382 e. The molecule has 0 spiro atoms. The summed E-state index contributed by atoms with van der Waals surface area (Å²) in [6.07, 6.45) is 3.03. The van der Waals surface area contributed by atoms with E-state index in [0.29, 0.717) is 31.0 Å². The standard InChI is InChI=1S/C22H26N2O3S/c1-21(2)14-7-9-22(21,19(25)11-14)13-28(26,27)12-18-20-16(8-10-23-18)15-5-3-4-6-17(15)24-20/h3-6,12,14,23-24H,7-11,13H2,1-2H3/b18-12-/t14-,22-/m1/s1. The Labute approximate surface area is 165 Å². The van der Waals surface area contributed by atoms with Gasteiger partial charge in [0.05, 0.1) is 22.6 Å². The molecule has 1 aromatic heterocycles. The summed E-state index contributed by atoms with van der Waals surface area (Å²) in [7, 11) is -3.56. The number of sulfone groups is 1. The zero-order chi connectivity index (χ0) is 19.7. The zero-order valence-corrected chi connectivity index (χ0v) is 17.2. The Bertz CT molecular complexity index is 1130. The number of aromatic amines is 1. The van der Waals surface area contributed by atoms with Gasteiger partial charge in [0, 0.05) is 29.3 Å². The van der Waals surface area contributed by atoms with Gasteiger partial charge in [-0.2, -0.15) is 0 Å².